The maximum absolute atomic E-state index is 12.4. The van der Waals surface area contributed by atoms with E-state index in [1.165, 1.54) is 37.1 Å². The monoisotopic (exact) mass is 302 g/mol. The Balaban J connectivity index is 1.58. The molecule has 1 aromatic rings. The van der Waals surface area contributed by atoms with E-state index in [0.29, 0.717) is 12.5 Å². The molecule has 0 N–H and O–H groups in total. The standard InChI is InChI=1S/C18H26N2O2/c1-3-14-6-4-5-7-16(14)12-19(2)18(21)22-17-13-20-10-8-15(17)9-11-20/h4-7,15,17H,3,8-13H2,1-2H3. The molecular formula is C18H26N2O2. The summed E-state index contributed by atoms with van der Waals surface area (Å²) >= 11 is 0. The maximum atomic E-state index is 12.4. The lowest BCUT2D eigenvalue weighted by Crippen LogP contribution is -2.52. The van der Waals surface area contributed by atoms with Gasteiger partial charge in [0.2, 0.25) is 0 Å². The van der Waals surface area contributed by atoms with Gasteiger partial charge in [0, 0.05) is 20.1 Å². The highest BCUT2D eigenvalue weighted by molar-refractivity contribution is 5.67. The van der Waals surface area contributed by atoms with Crippen LogP contribution in [0.1, 0.15) is 30.9 Å². The highest BCUT2D eigenvalue weighted by Gasteiger charge is 2.36. The normalized spacial score (nSPS) is 26.7. The van der Waals surface area contributed by atoms with E-state index in [0.717, 1.165) is 13.0 Å². The van der Waals surface area contributed by atoms with Gasteiger partial charge in [-0.1, -0.05) is 31.2 Å². The second-order valence-electron chi connectivity index (χ2n) is 6.54. The van der Waals surface area contributed by atoms with Crippen molar-refractivity contribution >= 4 is 6.09 Å². The second-order valence-corrected chi connectivity index (χ2v) is 6.54. The molecule has 3 heterocycles. The summed E-state index contributed by atoms with van der Waals surface area (Å²) in [5.41, 5.74) is 2.50. The zero-order valence-electron chi connectivity index (χ0n) is 13.6. The molecule has 4 nitrogen and oxygen atoms in total. The molecule has 3 saturated heterocycles. The molecule has 4 rings (SSSR count). The number of amides is 1. The molecule has 120 valence electrons. The summed E-state index contributed by atoms with van der Waals surface area (Å²) in [4.78, 5) is 16.5. The lowest BCUT2D eigenvalue weighted by molar-refractivity contribution is -0.0424. The van der Waals surface area contributed by atoms with Gasteiger partial charge in [0.15, 0.2) is 0 Å². The van der Waals surface area contributed by atoms with Gasteiger partial charge in [0.1, 0.15) is 6.10 Å². The number of rotatable bonds is 4. The lowest BCUT2D eigenvalue weighted by atomic mass is 9.86. The van der Waals surface area contributed by atoms with E-state index in [2.05, 4.69) is 24.0 Å². The minimum atomic E-state index is -0.190. The van der Waals surface area contributed by atoms with Crippen molar-refractivity contribution in [2.45, 2.75) is 38.8 Å². The summed E-state index contributed by atoms with van der Waals surface area (Å²) in [6, 6.07) is 8.30. The number of piperidine rings is 3. The van der Waals surface area contributed by atoms with Gasteiger partial charge in [-0.05, 0) is 49.4 Å². The topological polar surface area (TPSA) is 32.8 Å². The summed E-state index contributed by atoms with van der Waals surface area (Å²) < 4.78 is 5.78. The minimum Gasteiger partial charge on any atom is -0.444 e. The number of fused-ring (bicyclic) bond motifs is 3. The van der Waals surface area contributed by atoms with Gasteiger partial charge in [-0.3, -0.25) is 4.90 Å². The van der Waals surface area contributed by atoms with E-state index in [-0.39, 0.29) is 12.2 Å². The molecule has 22 heavy (non-hydrogen) atoms. The highest BCUT2D eigenvalue weighted by atomic mass is 16.6. The Bertz CT molecular complexity index is 524. The first-order chi connectivity index (χ1) is 10.7. The quantitative estimate of drug-likeness (QED) is 0.857. The lowest BCUT2D eigenvalue weighted by Gasteiger charge is -2.44. The molecule has 1 aromatic carbocycles. The van der Waals surface area contributed by atoms with Crippen molar-refractivity contribution < 1.29 is 9.53 Å². The fourth-order valence-corrected chi connectivity index (χ4v) is 3.64. The molecule has 1 amide bonds. The summed E-state index contributed by atoms with van der Waals surface area (Å²) in [5, 5.41) is 0. The molecular weight excluding hydrogens is 276 g/mol. The highest BCUT2D eigenvalue weighted by Crippen LogP contribution is 2.29. The van der Waals surface area contributed by atoms with Gasteiger partial charge in [-0.15, -0.1) is 0 Å². The van der Waals surface area contributed by atoms with Gasteiger partial charge in [0.25, 0.3) is 0 Å². The largest absolute Gasteiger partial charge is 0.444 e. The van der Waals surface area contributed by atoms with Crippen LogP contribution < -0.4 is 0 Å². The molecule has 1 atom stereocenters. The smallest absolute Gasteiger partial charge is 0.410 e. The van der Waals surface area contributed by atoms with Crippen LogP contribution in [0.2, 0.25) is 0 Å². The summed E-state index contributed by atoms with van der Waals surface area (Å²) in [6.45, 7) is 6.00. The molecule has 2 bridgehead atoms. The first-order valence-electron chi connectivity index (χ1n) is 8.38. The second kappa shape index (κ2) is 6.69. The fourth-order valence-electron chi connectivity index (χ4n) is 3.64. The van der Waals surface area contributed by atoms with Crippen LogP contribution in [0.3, 0.4) is 0 Å². The van der Waals surface area contributed by atoms with E-state index in [4.69, 9.17) is 4.74 Å². The predicted octanol–water partition coefficient (Wildman–Crippen LogP) is 2.91. The molecule has 3 aliphatic rings. The van der Waals surface area contributed by atoms with Crippen LogP contribution >= 0.6 is 0 Å². The third-order valence-corrected chi connectivity index (χ3v) is 5.07. The Labute approximate surface area is 133 Å². The minimum absolute atomic E-state index is 0.0823. The summed E-state index contributed by atoms with van der Waals surface area (Å²) in [7, 11) is 1.83. The number of carbonyl (C=O) groups is 1. The average Bonchev–Trinajstić information content (AvgIpc) is 2.56. The average molecular weight is 302 g/mol. The third kappa shape index (κ3) is 3.27. The van der Waals surface area contributed by atoms with Gasteiger partial charge >= 0.3 is 6.09 Å². The van der Waals surface area contributed by atoms with Crippen LogP contribution in [-0.4, -0.2) is 48.7 Å². The predicted molar refractivity (Wildman–Crippen MR) is 86.7 cm³/mol. The molecule has 0 spiro atoms. The molecule has 3 fully saturated rings. The molecule has 1 unspecified atom stereocenters. The number of hydrogen-bond acceptors (Lipinski definition) is 3. The molecule has 3 aliphatic heterocycles. The van der Waals surface area contributed by atoms with Crippen LogP contribution in [-0.2, 0) is 17.7 Å². The first-order valence-corrected chi connectivity index (χ1v) is 8.38. The zero-order chi connectivity index (χ0) is 15.5. The van der Waals surface area contributed by atoms with E-state index in [1.807, 2.05) is 19.2 Å². The summed E-state index contributed by atoms with van der Waals surface area (Å²) in [6.07, 6.45) is 3.21. The zero-order valence-corrected chi connectivity index (χ0v) is 13.6. The van der Waals surface area contributed by atoms with Crippen molar-refractivity contribution in [1.82, 2.24) is 9.80 Å². The molecule has 0 saturated carbocycles. The van der Waals surface area contributed by atoms with Crippen LogP contribution in [0, 0.1) is 5.92 Å². The number of aryl methyl sites for hydroxylation is 1. The van der Waals surface area contributed by atoms with Crippen molar-refractivity contribution in [3.63, 3.8) is 0 Å². The Hall–Kier alpha value is -1.55. The van der Waals surface area contributed by atoms with Gasteiger partial charge in [-0.25, -0.2) is 4.79 Å². The SMILES string of the molecule is CCc1ccccc1CN(C)C(=O)OC1CN2CCC1CC2. The van der Waals surface area contributed by atoms with Crippen molar-refractivity contribution in [3.8, 4) is 0 Å². The number of carbonyl (C=O) groups excluding carboxylic acids is 1. The van der Waals surface area contributed by atoms with Crippen LogP contribution in [0.5, 0.6) is 0 Å². The molecule has 0 aliphatic carbocycles. The van der Waals surface area contributed by atoms with E-state index < -0.39 is 0 Å². The Morgan fingerprint density at radius 2 is 1.95 bits per heavy atom. The number of hydrogen-bond donors (Lipinski definition) is 0. The van der Waals surface area contributed by atoms with Crippen LogP contribution in [0.4, 0.5) is 4.79 Å². The number of nitrogens with zero attached hydrogens (tertiary/aromatic N) is 2. The molecule has 4 heteroatoms. The van der Waals surface area contributed by atoms with Crippen LogP contribution in [0.15, 0.2) is 24.3 Å². The van der Waals surface area contributed by atoms with Gasteiger partial charge in [0.05, 0.1) is 0 Å². The molecule has 0 aromatic heterocycles. The van der Waals surface area contributed by atoms with Crippen LogP contribution in [0.25, 0.3) is 0 Å². The number of benzene rings is 1. The first kappa shape index (κ1) is 15.3. The van der Waals surface area contributed by atoms with Crippen molar-refractivity contribution in [1.29, 1.82) is 0 Å². The maximum Gasteiger partial charge on any atom is 0.410 e. The van der Waals surface area contributed by atoms with Crippen molar-refractivity contribution in [2.24, 2.45) is 5.92 Å². The fraction of sp³-hybridized carbons (Fsp3) is 0.611. The van der Waals surface area contributed by atoms with E-state index in [1.54, 1.807) is 4.90 Å². The Morgan fingerprint density at radius 3 is 2.55 bits per heavy atom. The summed E-state index contributed by atoms with van der Waals surface area (Å²) in [5.74, 6) is 0.560. The Morgan fingerprint density at radius 1 is 1.27 bits per heavy atom. The van der Waals surface area contributed by atoms with E-state index >= 15 is 0 Å². The van der Waals surface area contributed by atoms with Gasteiger partial charge < -0.3 is 9.64 Å². The Kier molecular flexibility index (Phi) is 4.67. The van der Waals surface area contributed by atoms with Gasteiger partial charge in [-0.2, -0.15) is 0 Å². The third-order valence-electron chi connectivity index (χ3n) is 5.07. The number of ether oxygens (including phenoxy) is 1. The van der Waals surface area contributed by atoms with Crippen molar-refractivity contribution in [2.75, 3.05) is 26.7 Å². The molecule has 0 radical (unpaired) electrons. The van der Waals surface area contributed by atoms with Crippen molar-refractivity contribution in [3.05, 3.63) is 35.4 Å². The van der Waals surface area contributed by atoms with E-state index in [9.17, 15) is 4.79 Å².